The van der Waals surface area contributed by atoms with Crippen molar-refractivity contribution in [2.45, 2.75) is 19.0 Å². The summed E-state index contributed by atoms with van der Waals surface area (Å²) in [6.07, 6.45) is 0.836. The molecule has 2 nitrogen and oxygen atoms in total. The average Bonchev–Trinajstić information content (AvgIpc) is 2.25. The van der Waals surface area contributed by atoms with Gasteiger partial charge in [0.2, 0.25) is 5.78 Å². The lowest BCUT2D eigenvalue weighted by Crippen LogP contribution is -2.21. The number of hydrogen-bond acceptors (Lipinski definition) is 2. The van der Waals surface area contributed by atoms with Crippen LogP contribution in [0.5, 0.6) is 0 Å². The molecule has 16 heavy (non-hydrogen) atoms. The van der Waals surface area contributed by atoms with Crippen LogP contribution in [0.2, 0.25) is 0 Å². The van der Waals surface area contributed by atoms with Crippen LogP contribution in [0, 0.1) is 11.3 Å². The van der Waals surface area contributed by atoms with Crippen molar-refractivity contribution < 1.29 is 18.0 Å². The molecule has 0 spiro atoms. The summed E-state index contributed by atoms with van der Waals surface area (Å²) >= 11 is 0. The lowest BCUT2D eigenvalue weighted by Gasteiger charge is -2.05. The highest BCUT2D eigenvalue weighted by molar-refractivity contribution is 5.85. The maximum Gasteiger partial charge on any atom is 0.450 e. The molecule has 0 fully saturated rings. The molecule has 0 saturated heterocycles. The Bertz CT molecular complexity index is 421. The number of ketones is 1. The van der Waals surface area contributed by atoms with Gasteiger partial charge in [0.25, 0.3) is 0 Å². The predicted molar refractivity (Wildman–Crippen MR) is 51.2 cm³/mol. The third kappa shape index (κ3) is 3.39. The van der Waals surface area contributed by atoms with E-state index in [0.717, 1.165) is 0 Å². The van der Waals surface area contributed by atoms with Gasteiger partial charge < -0.3 is 0 Å². The van der Waals surface area contributed by atoms with Crippen LogP contribution in [0.1, 0.15) is 12.8 Å². The smallest absolute Gasteiger partial charge is 0.289 e. The maximum absolute atomic E-state index is 11.9. The van der Waals surface area contributed by atoms with Crippen LogP contribution in [0.15, 0.2) is 35.5 Å². The molecule has 1 rings (SSSR count). The van der Waals surface area contributed by atoms with Gasteiger partial charge in [0, 0.05) is 12.0 Å². The average molecular weight is 227 g/mol. The summed E-state index contributed by atoms with van der Waals surface area (Å²) in [6.45, 7) is 0. The normalized spacial score (nSPS) is 18.1. The summed E-state index contributed by atoms with van der Waals surface area (Å²) in [5.41, 5.74) is 1.08. The van der Waals surface area contributed by atoms with E-state index in [-0.39, 0.29) is 0 Å². The Morgan fingerprint density at radius 3 is 2.62 bits per heavy atom. The van der Waals surface area contributed by atoms with Crippen LogP contribution >= 0.6 is 0 Å². The number of alkyl halides is 3. The molecule has 0 amide bonds. The molecular formula is C11H8F3NO. The Morgan fingerprint density at radius 1 is 1.50 bits per heavy atom. The molecule has 0 saturated carbocycles. The first-order valence-corrected chi connectivity index (χ1v) is 4.51. The highest BCUT2D eigenvalue weighted by Crippen LogP contribution is 2.20. The molecule has 84 valence electrons. The summed E-state index contributed by atoms with van der Waals surface area (Å²) in [7, 11) is 0. The zero-order valence-electron chi connectivity index (χ0n) is 8.21. The van der Waals surface area contributed by atoms with Crippen molar-refractivity contribution in [3.63, 3.8) is 0 Å². The lowest BCUT2D eigenvalue weighted by atomic mass is 10.0. The first kappa shape index (κ1) is 12.2. The van der Waals surface area contributed by atoms with Crippen LogP contribution in [0.3, 0.4) is 0 Å². The van der Waals surface area contributed by atoms with E-state index in [1.54, 1.807) is 12.2 Å². The van der Waals surface area contributed by atoms with Gasteiger partial charge in [0.1, 0.15) is 0 Å². The second kappa shape index (κ2) is 4.79. The van der Waals surface area contributed by atoms with Crippen molar-refractivity contribution in [2.75, 3.05) is 0 Å². The zero-order chi connectivity index (χ0) is 12.2. The van der Waals surface area contributed by atoms with Crippen LogP contribution < -0.4 is 0 Å². The summed E-state index contributed by atoms with van der Waals surface area (Å²) in [4.78, 5) is 10.6. The van der Waals surface area contributed by atoms with Crippen molar-refractivity contribution in [3.8, 4) is 6.07 Å². The molecular weight excluding hydrogens is 219 g/mol. The number of nitrogens with zero attached hydrogens (tertiary/aromatic N) is 1. The van der Waals surface area contributed by atoms with Gasteiger partial charge in [-0.15, -0.1) is 0 Å². The third-order valence-electron chi connectivity index (χ3n) is 2.03. The molecule has 0 bridgehead atoms. The molecule has 0 N–H and O–H groups in total. The first-order valence-electron chi connectivity index (χ1n) is 4.51. The van der Waals surface area contributed by atoms with Gasteiger partial charge in [-0.2, -0.15) is 18.4 Å². The number of hydrogen-bond donors (Lipinski definition) is 0. The van der Waals surface area contributed by atoms with Crippen molar-refractivity contribution in [1.82, 2.24) is 0 Å². The van der Waals surface area contributed by atoms with E-state index in [0.29, 0.717) is 17.6 Å². The molecule has 1 aliphatic carbocycles. The molecule has 0 aromatic heterocycles. The van der Waals surface area contributed by atoms with Crippen molar-refractivity contribution in [3.05, 3.63) is 35.5 Å². The summed E-state index contributed by atoms with van der Waals surface area (Å²) in [5.74, 6) is -1.76. The van der Waals surface area contributed by atoms with Crippen LogP contribution in [0.4, 0.5) is 13.2 Å². The molecule has 0 radical (unpaired) electrons. The molecule has 1 aliphatic rings. The minimum atomic E-state index is -4.77. The van der Waals surface area contributed by atoms with E-state index < -0.39 is 18.4 Å². The fourth-order valence-electron chi connectivity index (χ4n) is 1.13. The third-order valence-corrected chi connectivity index (χ3v) is 2.03. The second-order valence-electron chi connectivity index (χ2n) is 3.21. The molecule has 0 aromatic rings. The Balaban J connectivity index is 2.58. The minimum Gasteiger partial charge on any atom is -0.289 e. The number of carbonyl (C=O) groups excluding carboxylic acids is 1. The quantitative estimate of drug-likeness (QED) is 0.727. The second-order valence-corrected chi connectivity index (χ2v) is 3.21. The monoisotopic (exact) mass is 227 g/mol. The number of rotatable bonds is 2. The topological polar surface area (TPSA) is 40.9 Å². The molecule has 0 aromatic carbocycles. The van der Waals surface area contributed by atoms with Crippen LogP contribution in [-0.4, -0.2) is 12.0 Å². The maximum atomic E-state index is 11.9. The number of nitriles is 1. The van der Waals surface area contributed by atoms with Gasteiger partial charge in [-0.25, -0.2) is 0 Å². The van der Waals surface area contributed by atoms with Gasteiger partial charge >= 0.3 is 6.18 Å². The SMILES string of the molecule is N#CC1=CCC(=CCC(=O)C(F)(F)F)C=C1. The van der Waals surface area contributed by atoms with Crippen molar-refractivity contribution >= 4 is 5.78 Å². The number of allylic oxidation sites excluding steroid dienone is 6. The standard InChI is InChI=1S/C11H8F3NO/c12-11(13,14)10(16)6-5-8-1-3-9(7-15)4-2-8/h1,3-5H,2,6H2. The minimum absolute atomic E-state index is 0.379. The molecule has 0 aliphatic heterocycles. The largest absolute Gasteiger partial charge is 0.450 e. The first-order chi connectivity index (χ1) is 7.43. The highest BCUT2D eigenvalue weighted by atomic mass is 19.4. The molecule has 0 unspecified atom stereocenters. The Kier molecular flexibility index (Phi) is 3.67. The summed E-state index contributed by atoms with van der Waals surface area (Å²) < 4.78 is 35.6. The Labute approximate surface area is 90.4 Å². The van der Waals surface area contributed by atoms with E-state index in [1.165, 1.54) is 12.2 Å². The van der Waals surface area contributed by atoms with Gasteiger partial charge in [-0.05, 0) is 18.1 Å². The molecule has 0 atom stereocenters. The lowest BCUT2D eigenvalue weighted by molar-refractivity contribution is -0.170. The zero-order valence-corrected chi connectivity index (χ0v) is 8.21. The van der Waals surface area contributed by atoms with E-state index in [9.17, 15) is 18.0 Å². The summed E-state index contributed by atoms with van der Waals surface area (Å²) in [5, 5.41) is 8.51. The van der Waals surface area contributed by atoms with Crippen LogP contribution in [-0.2, 0) is 4.79 Å². The van der Waals surface area contributed by atoms with Crippen LogP contribution in [0.25, 0.3) is 0 Å². The van der Waals surface area contributed by atoms with Crippen molar-refractivity contribution in [1.29, 1.82) is 5.26 Å². The van der Waals surface area contributed by atoms with E-state index in [2.05, 4.69) is 0 Å². The number of carbonyl (C=O) groups is 1. The number of Topliss-reactive ketones (excluding diaryl/α,β-unsaturated/α-hetero) is 1. The fraction of sp³-hybridized carbons (Fsp3) is 0.273. The predicted octanol–water partition coefficient (Wildman–Crippen LogP) is 2.84. The van der Waals surface area contributed by atoms with Gasteiger partial charge in [-0.3, -0.25) is 4.79 Å². The Hall–Kier alpha value is -1.83. The van der Waals surface area contributed by atoms with Gasteiger partial charge in [0.05, 0.1) is 6.07 Å². The van der Waals surface area contributed by atoms with Gasteiger partial charge in [0.15, 0.2) is 0 Å². The Morgan fingerprint density at radius 2 is 2.19 bits per heavy atom. The van der Waals surface area contributed by atoms with E-state index in [1.807, 2.05) is 6.07 Å². The fourth-order valence-corrected chi connectivity index (χ4v) is 1.13. The van der Waals surface area contributed by atoms with Crippen molar-refractivity contribution in [2.24, 2.45) is 0 Å². The number of halogens is 3. The molecule has 5 heteroatoms. The summed E-state index contributed by atoms with van der Waals surface area (Å²) in [6, 6.07) is 1.91. The van der Waals surface area contributed by atoms with Gasteiger partial charge in [-0.1, -0.05) is 18.2 Å². The van der Waals surface area contributed by atoms with E-state index >= 15 is 0 Å². The highest BCUT2D eigenvalue weighted by Gasteiger charge is 2.36. The van der Waals surface area contributed by atoms with E-state index in [4.69, 9.17) is 5.26 Å². The molecule has 0 heterocycles.